The van der Waals surface area contributed by atoms with E-state index in [9.17, 15) is 9.59 Å². The normalized spacial score (nSPS) is 18.4. The SMILES string of the molecule is Cc1cn(C2CCN(c3ccccc3)O2)c(=O)[nH]c1=O. The third-order valence-electron chi connectivity index (χ3n) is 3.33. The topological polar surface area (TPSA) is 67.3 Å². The number of H-pyrrole nitrogens is 1. The van der Waals surface area contributed by atoms with Crippen molar-refractivity contribution in [2.45, 2.75) is 19.6 Å². The summed E-state index contributed by atoms with van der Waals surface area (Å²) in [6.07, 6.45) is 1.83. The zero-order valence-electron chi connectivity index (χ0n) is 11.1. The zero-order chi connectivity index (χ0) is 14.1. The van der Waals surface area contributed by atoms with Crippen LogP contribution in [0.3, 0.4) is 0 Å². The highest BCUT2D eigenvalue weighted by Gasteiger charge is 2.26. The molecule has 2 heterocycles. The van der Waals surface area contributed by atoms with Gasteiger partial charge in [-0.1, -0.05) is 18.2 Å². The summed E-state index contributed by atoms with van der Waals surface area (Å²) in [6, 6.07) is 9.70. The van der Waals surface area contributed by atoms with Gasteiger partial charge in [0.15, 0.2) is 6.23 Å². The van der Waals surface area contributed by atoms with Crippen LogP contribution in [0, 0.1) is 6.92 Å². The molecule has 1 aromatic heterocycles. The summed E-state index contributed by atoms with van der Waals surface area (Å²) in [5.74, 6) is 0. The van der Waals surface area contributed by atoms with Crippen LogP contribution in [0.5, 0.6) is 0 Å². The number of nitrogens with one attached hydrogen (secondary N) is 1. The number of benzene rings is 1. The van der Waals surface area contributed by atoms with Gasteiger partial charge in [-0.15, -0.1) is 0 Å². The van der Waals surface area contributed by atoms with Crippen LogP contribution in [-0.2, 0) is 4.84 Å². The number of nitrogens with zero attached hydrogens (tertiary/aromatic N) is 2. The lowest BCUT2D eigenvalue weighted by Crippen LogP contribution is -2.33. The van der Waals surface area contributed by atoms with E-state index in [1.807, 2.05) is 30.3 Å². The second-order valence-electron chi connectivity index (χ2n) is 4.77. The summed E-state index contributed by atoms with van der Waals surface area (Å²) >= 11 is 0. The predicted octanol–water partition coefficient (Wildman–Crippen LogP) is 1.19. The Morgan fingerprint density at radius 3 is 2.75 bits per heavy atom. The highest BCUT2D eigenvalue weighted by Crippen LogP contribution is 2.27. The molecule has 6 heteroatoms. The average molecular weight is 273 g/mol. The first-order chi connectivity index (χ1) is 9.65. The lowest BCUT2D eigenvalue weighted by molar-refractivity contribution is 0.0333. The summed E-state index contributed by atoms with van der Waals surface area (Å²) < 4.78 is 1.43. The molecule has 1 aliphatic heterocycles. The quantitative estimate of drug-likeness (QED) is 0.892. The third kappa shape index (κ3) is 2.25. The molecule has 1 saturated heterocycles. The maximum Gasteiger partial charge on any atom is 0.330 e. The molecule has 20 heavy (non-hydrogen) atoms. The van der Waals surface area contributed by atoms with Gasteiger partial charge in [0, 0.05) is 18.2 Å². The van der Waals surface area contributed by atoms with E-state index in [1.165, 1.54) is 4.57 Å². The van der Waals surface area contributed by atoms with Gasteiger partial charge in [-0.05, 0) is 19.1 Å². The Bertz CT molecular complexity index is 720. The van der Waals surface area contributed by atoms with E-state index in [4.69, 9.17) is 4.84 Å². The minimum absolute atomic E-state index is 0.357. The summed E-state index contributed by atoms with van der Waals surface area (Å²) in [5, 5.41) is 1.76. The fourth-order valence-electron chi connectivity index (χ4n) is 2.25. The van der Waals surface area contributed by atoms with E-state index in [-0.39, 0.29) is 5.56 Å². The Balaban J connectivity index is 1.86. The van der Waals surface area contributed by atoms with Gasteiger partial charge in [0.25, 0.3) is 5.56 Å². The van der Waals surface area contributed by atoms with Crippen LogP contribution in [0.15, 0.2) is 46.1 Å². The zero-order valence-corrected chi connectivity index (χ0v) is 11.1. The monoisotopic (exact) mass is 273 g/mol. The molecular formula is C14H15N3O3. The van der Waals surface area contributed by atoms with Crippen molar-refractivity contribution in [2.24, 2.45) is 0 Å². The first-order valence-corrected chi connectivity index (χ1v) is 6.46. The smallest absolute Gasteiger partial charge is 0.274 e. The van der Waals surface area contributed by atoms with Gasteiger partial charge in [0.05, 0.1) is 12.2 Å². The van der Waals surface area contributed by atoms with Gasteiger partial charge in [-0.2, -0.15) is 0 Å². The maximum absolute atomic E-state index is 11.8. The fourth-order valence-corrected chi connectivity index (χ4v) is 2.25. The number of hydrogen-bond acceptors (Lipinski definition) is 4. The van der Waals surface area contributed by atoms with Crippen LogP contribution in [0.2, 0.25) is 0 Å². The predicted molar refractivity (Wildman–Crippen MR) is 74.6 cm³/mol. The highest BCUT2D eigenvalue weighted by atomic mass is 16.7. The van der Waals surface area contributed by atoms with Crippen LogP contribution >= 0.6 is 0 Å². The van der Waals surface area contributed by atoms with Gasteiger partial charge >= 0.3 is 5.69 Å². The minimum atomic E-state index is -0.444. The van der Waals surface area contributed by atoms with Crippen molar-refractivity contribution in [1.29, 1.82) is 0 Å². The fraction of sp³-hybridized carbons (Fsp3) is 0.286. The second kappa shape index (κ2) is 4.97. The summed E-state index contributed by atoms with van der Waals surface area (Å²) in [7, 11) is 0. The number of aryl methyl sites for hydroxylation is 1. The molecular weight excluding hydrogens is 258 g/mol. The molecule has 1 fully saturated rings. The van der Waals surface area contributed by atoms with Gasteiger partial charge in [-0.25, -0.2) is 9.63 Å². The molecule has 1 aliphatic rings. The number of anilines is 1. The van der Waals surface area contributed by atoms with E-state index in [1.54, 1.807) is 18.2 Å². The molecule has 3 rings (SSSR count). The van der Waals surface area contributed by atoms with E-state index in [0.29, 0.717) is 18.5 Å². The summed E-state index contributed by atoms with van der Waals surface area (Å²) in [4.78, 5) is 31.3. The molecule has 0 aliphatic carbocycles. The molecule has 0 saturated carbocycles. The molecule has 0 bridgehead atoms. The number of rotatable bonds is 2. The van der Waals surface area contributed by atoms with Gasteiger partial charge < -0.3 is 0 Å². The number of aromatic nitrogens is 2. The summed E-state index contributed by atoms with van der Waals surface area (Å²) in [6.45, 7) is 2.36. The van der Waals surface area contributed by atoms with Gasteiger partial charge in [0.2, 0.25) is 0 Å². The maximum atomic E-state index is 11.8. The molecule has 1 aromatic carbocycles. The standard InChI is InChI=1S/C14H15N3O3/c1-10-9-16(14(19)15-13(10)18)12-7-8-17(20-12)11-5-3-2-4-6-11/h2-6,9,12H,7-8H2,1H3,(H,15,18,19). The van der Waals surface area contributed by atoms with Crippen molar-refractivity contribution in [1.82, 2.24) is 9.55 Å². The van der Waals surface area contributed by atoms with E-state index >= 15 is 0 Å². The lowest BCUT2D eigenvalue weighted by Gasteiger charge is -2.19. The second-order valence-corrected chi connectivity index (χ2v) is 4.77. The average Bonchev–Trinajstić information content (AvgIpc) is 2.93. The van der Waals surface area contributed by atoms with Crippen molar-refractivity contribution < 1.29 is 4.84 Å². The van der Waals surface area contributed by atoms with Gasteiger partial charge in [-0.3, -0.25) is 19.4 Å². The highest BCUT2D eigenvalue weighted by molar-refractivity contribution is 5.43. The van der Waals surface area contributed by atoms with Crippen LogP contribution < -0.4 is 16.3 Å². The molecule has 6 nitrogen and oxygen atoms in total. The number of hydrogen-bond donors (Lipinski definition) is 1. The number of hydroxylamine groups is 1. The van der Waals surface area contributed by atoms with E-state index in [2.05, 4.69) is 4.98 Å². The number of para-hydroxylation sites is 1. The van der Waals surface area contributed by atoms with Crippen molar-refractivity contribution >= 4 is 5.69 Å². The Kier molecular flexibility index (Phi) is 3.15. The minimum Gasteiger partial charge on any atom is -0.274 e. The van der Waals surface area contributed by atoms with E-state index in [0.717, 1.165) is 5.69 Å². The van der Waals surface area contributed by atoms with Crippen molar-refractivity contribution in [3.63, 3.8) is 0 Å². The Hall–Kier alpha value is -2.34. The van der Waals surface area contributed by atoms with Crippen molar-refractivity contribution in [3.05, 3.63) is 62.9 Å². The largest absolute Gasteiger partial charge is 0.330 e. The van der Waals surface area contributed by atoms with Crippen LogP contribution in [0.25, 0.3) is 0 Å². The van der Waals surface area contributed by atoms with Gasteiger partial charge in [0.1, 0.15) is 0 Å². The van der Waals surface area contributed by atoms with Crippen molar-refractivity contribution in [3.8, 4) is 0 Å². The van der Waals surface area contributed by atoms with Crippen molar-refractivity contribution in [2.75, 3.05) is 11.6 Å². The third-order valence-corrected chi connectivity index (χ3v) is 3.33. The van der Waals surface area contributed by atoms with Crippen LogP contribution in [-0.4, -0.2) is 16.1 Å². The first kappa shape index (κ1) is 12.7. The Morgan fingerprint density at radius 1 is 1.25 bits per heavy atom. The molecule has 1 unspecified atom stereocenters. The molecule has 1 N–H and O–H groups in total. The molecule has 104 valence electrons. The Labute approximate surface area is 115 Å². The molecule has 0 radical (unpaired) electrons. The molecule has 0 amide bonds. The lowest BCUT2D eigenvalue weighted by atomic mass is 10.3. The first-order valence-electron chi connectivity index (χ1n) is 6.46. The van der Waals surface area contributed by atoms with Crippen LogP contribution in [0.4, 0.5) is 5.69 Å². The molecule has 0 spiro atoms. The molecule has 1 atom stereocenters. The molecule has 2 aromatic rings. The summed E-state index contributed by atoms with van der Waals surface area (Å²) in [5.41, 5.74) is 0.639. The number of aromatic amines is 1. The van der Waals surface area contributed by atoms with E-state index < -0.39 is 11.9 Å². The van der Waals surface area contributed by atoms with Crippen LogP contribution in [0.1, 0.15) is 18.2 Å². The Morgan fingerprint density at radius 2 is 2.00 bits per heavy atom.